The number of thiophene rings is 1. The van der Waals surface area contributed by atoms with Gasteiger partial charge in [-0.05, 0) is 39.9 Å². The summed E-state index contributed by atoms with van der Waals surface area (Å²) in [5, 5.41) is 4.73. The number of hydrogen-bond donors (Lipinski definition) is 2. The molecule has 72 valence electrons. The molecule has 0 spiro atoms. The molecule has 0 bridgehead atoms. The third-order valence-corrected chi connectivity index (χ3v) is 3.06. The molecule has 1 unspecified atom stereocenters. The molecule has 3 N–H and O–H groups in total. The van der Waals surface area contributed by atoms with Crippen LogP contribution in [0.2, 0.25) is 0 Å². The van der Waals surface area contributed by atoms with E-state index in [0.29, 0.717) is 6.54 Å². The van der Waals surface area contributed by atoms with E-state index in [4.69, 9.17) is 5.73 Å². The fourth-order valence-corrected chi connectivity index (χ4v) is 2.00. The van der Waals surface area contributed by atoms with E-state index in [1.807, 2.05) is 11.4 Å². The zero-order chi connectivity index (χ0) is 9.84. The fourth-order valence-electron chi connectivity index (χ4n) is 0.789. The Morgan fingerprint density at radius 3 is 3.00 bits per heavy atom. The first-order valence-electron chi connectivity index (χ1n) is 3.86. The summed E-state index contributed by atoms with van der Waals surface area (Å²) in [7, 11) is 0. The Morgan fingerprint density at radius 2 is 2.54 bits per heavy atom. The molecular weight excluding hydrogens is 252 g/mol. The van der Waals surface area contributed by atoms with Crippen LogP contribution in [-0.4, -0.2) is 11.9 Å². The zero-order valence-corrected chi connectivity index (χ0v) is 9.61. The van der Waals surface area contributed by atoms with Gasteiger partial charge >= 0.3 is 0 Å². The van der Waals surface area contributed by atoms with Crippen LogP contribution in [0.15, 0.2) is 15.2 Å². The van der Waals surface area contributed by atoms with Crippen LogP contribution in [0.4, 0.5) is 0 Å². The van der Waals surface area contributed by atoms with Crippen LogP contribution in [0.25, 0.3) is 0 Å². The van der Waals surface area contributed by atoms with E-state index in [1.165, 1.54) is 0 Å². The highest BCUT2D eigenvalue weighted by atomic mass is 79.9. The summed E-state index contributed by atoms with van der Waals surface area (Å²) >= 11 is 4.95. The van der Waals surface area contributed by atoms with Crippen molar-refractivity contribution in [2.24, 2.45) is 5.73 Å². The molecule has 0 aliphatic carbocycles. The van der Waals surface area contributed by atoms with Crippen molar-refractivity contribution in [1.82, 2.24) is 5.32 Å². The van der Waals surface area contributed by atoms with Crippen molar-refractivity contribution < 1.29 is 4.79 Å². The predicted octanol–water partition coefficient (Wildman–Crippen LogP) is 1.47. The second-order valence-electron chi connectivity index (χ2n) is 2.77. The second kappa shape index (κ2) is 4.74. The minimum Gasteiger partial charge on any atom is -0.351 e. The Morgan fingerprint density at radius 1 is 1.85 bits per heavy atom. The van der Waals surface area contributed by atoms with E-state index < -0.39 is 6.04 Å². The number of nitrogens with two attached hydrogens (primary N) is 1. The molecule has 1 amide bonds. The van der Waals surface area contributed by atoms with Crippen molar-refractivity contribution in [1.29, 1.82) is 0 Å². The maximum Gasteiger partial charge on any atom is 0.236 e. The van der Waals surface area contributed by atoms with Gasteiger partial charge in [0.1, 0.15) is 0 Å². The van der Waals surface area contributed by atoms with Crippen molar-refractivity contribution in [3.63, 3.8) is 0 Å². The van der Waals surface area contributed by atoms with Crippen LogP contribution in [-0.2, 0) is 11.3 Å². The molecule has 0 aliphatic heterocycles. The van der Waals surface area contributed by atoms with Gasteiger partial charge in [0.15, 0.2) is 0 Å². The molecule has 0 saturated heterocycles. The van der Waals surface area contributed by atoms with Gasteiger partial charge in [-0.3, -0.25) is 4.79 Å². The van der Waals surface area contributed by atoms with Gasteiger partial charge in [0.2, 0.25) is 5.91 Å². The molecule has 1 rings (SSSR count). The van der Waals surface area contributed by atoms with Crippen molar-refractivity contribution in [3.05, 3.63) is 20.8 Å². The zero-order valence-electron chi connectivity index (χ0n) is 7.21. The molecule has 1 aromatic heterocycles. The first kappa shape index (κ1) is 10.7. The van der Waals surface area contributed by atoms with Crippen LogP contribution in [0, 0.1) is 0 Å². The predicted molar refractivity (Wildman–Crippen MR) is 57.5 cm³/mol. The van der Waals surface area contributed by atoms with Gasteiger partial charge in [-0.15, -0.1) is 11.3 Å². The Labute approximate surface area is 89.5 Å². The average Bonchev–Trinajstić information content (AvgIpc) is 2.47. The van der Waals surface area contributed by atoms with Gasteiger partial charge in [-0.1, -0.05) is 0 Å². The van der Waals surface area contributed by atoms with Gasteiger partial charge < -0.3 is 11.1 Å². The van der Waals surface area contributed by atoms with Crippen LogP contribution < -0.4 is 11.1 Å². The number of carbonyl (C=O) groups excluding carboxylic acids is 1. The number of halogens is 1. The number of nitrogens with one attached hydrogen (secondary N) is 1. The normalized spacial score (nSPS) is 12.5. The Bertz CT molecular complexity index is 298. The number of carbonyl (C=O) groups is 1. The SMILES string of the molecule is CC(N)C(=O)NCc1csc(Br)c1. The minimum atomic E-state index is -0.443. The van der Waals surface area contributed by atoms with Gasteiger partial charge in [0, 0.05) is 6.54 Å². The molecule has 0 saturated carbocycles. The highest BCUT2D eigenvalue weighted by molar-refractivity contribution is 9.11. The van der Waals surface area contributed by atoms with Crippen molar-refractivity contribution in [2.45, 2.75) is 19.5 Å². The largest absolute Gasteiger partial charge is 0.351 e. The molecule has 13 heavy (non-hydrogen) atoms. The molecule has 0 fully saturated rings. The first-order valence-corrected chi connectivity index (χ1v) is 5.53. The minimum absolute atomic E-state index is 0.123. The topological polar surface area (TPSA) is 55.1 Å². The molecule has 1 atom stereocenters. The standard InChI is InChI=1S/C8H11BrN2OS/c1-5(10)8(12)11-3-6-2-7(9)13-4-6/h2,4-5H,3,10H2,1H3,(H,11,12). The smallest absolute Gasteiger partial charge is 0.236 e. The lowest BCUT2D eigenvalue weighted by Crippen LogP contribution is -2.37. The molecule has 1 aromatic rings. The molecule has 0 aromatic carbocycles. The lowest BCUT2D eigenvalue weighted by Gasteiger charge is -2.05. The lowest BCUT2D eigenvalue weighted by atomic mass is 10.3. The molecule has 3 nitrogen and oxygen atoms in total. The molecule has 0 radical (unpaired) electrons. The van der Waals surface area contributed by atoms with E-state index >= 15 is 0 Å². The second-order valence-corrected chi connectivity index (χ2v) is 5.06. The molecular formula is C8H11BrN2OS. The van der Waals surface area contributed by atoms with Crippen LogP contribution in [0.1, 0.15) is 12.5 Å². The summed E-state index contributed by atoms with van der Waals surface area (Å²) in [6, 6.07) is 1.54. The van der Waals surface area contributed by atoms with E-state index in [1.54, 1.807) is 18.3 Å². The van der Waals surface area contributed by atoms with E-state index in [-0.39, 0.29) is 5.91 Å². The molecule has 1 heterocycles. The van der Waals surface area contributed by atoms with Crippen LogP contribution >= 0.6 is 27.3 Å². The summed E-state index contributed by atoms with van der Waals surface area (Å²) in [6.07, 6.45) is 0. The highest BCUT2D eigenvalue weighted by Gasteiger charge is 2.06. The number of rotatable bonds is 3. The fraction of sp³-hybridized carbons (Fsp3) is 0.375. The Kier molecular flexibility index (Phi) is 3.90. The third kappa shape index (κ3) is 3.46. The summed E-state index contributed by atoms with van der Waals surface area (Å²) < 4.78 is 1.07. The van der Waals surface area contributed by atoms with Gasteiger partial charge in [0.25, 0.3) is 0 Å². The first-order chi connectivity index (χ1) is 6.09. The van der Waals surface area contributed by atoms with Crippen LogP contribution in [0.3, 0.4) is 0 Å². The summed E-state index contributed by atoms with van der Waals surface area (Å²) in [5.41, 5.74) is 6.48. The van der Waals surface area contributed by atoms with Crippen LogP contribution in [0.5, 0.6) is 0 Å². The summed E-state index contributed by atoms with van der Waals surface area (Å²) in [6.45, 7) is 2.21. The quantitative estimate of drug-likeness (QED) is 0.867. The Balaban J connectivity index is 2.39. The maximum atomic E-state index is 11.1. The molecule has 0 aliphatic rings. The van der Waals surface area contributed by atoms with Gasteiger partial charge in [0.05, 0.1) is 9.83 Å². The van der Waals surface area contributed by atoms with Gasteiger partial charge in [-0.2, -0.15) is 0 Å². The molecule has 5 heteroatoms. The Hall–Kier alpha value is -0.390. The number of hydrogen-bond acceptors (Lipinski definition) is 3. The third-order valence-electron chi connectivity index (χ3n) is 1.50. The van der Waals surface area contributed by atoms with Crippen molar-refractivity contribution in [3.8, 4) is 0 Å². The van der Waals surface area contributed by atoms with Gasteiger partial charge in [-0.25, -0.2) is 0 Å². The highest BCUT2D eigenvalue weighted by Crippen LogP contribution is 2.20. The van der Waals surface area contributed by atoms with Crippen molar-refractivity contribution in [2.75, 3.05) is 0 Å². The summed E-state index contributed by atoms with van der Waals surface area (Å²) in [4.78, 5) is 11.1. The number of amides is 1. The van der Waals surface area contributed by atoms with E-state index in [9.17, 15) is 4.79 Å². The average molecular weight is 263 g/mol. The lowest BCUT2D eigenvalue weighted by molar-refractivity contribution is -0.122. The van der Waals surface area contributed by atoms with E-state index in [2.05, 4.69) is 21.2 Å². The van der Waals surface area contributed by atoms with Crippen molar-refractivity contribution >= 4 is 33.2 Å². The monoisotopic (exact) mass is 262 g/mol. The van der Waals surface area contributed by atoms with E-state index in [0.717, 1.165) is 9.35 Å². The maximum absolute atomic E-state index is 11.1. The summed E-state index contributed by atoms with van der Waals surface area (Å²) in [5.74, 6) is -0.123.